The van der Waals surface area contributed by atoms with Gasteiger partial charge < -0.3 is 0 Å². The summed E-state index contributed by atoms with van der Waals surface area (Å²) in [6.45, 7) is 6.98. The van der Waals surface area contributed by atoms with E-state index in [1.807, 2.05) is 0 Å². The average Bonchev–Trinajstić information content (AvgIpc) is 2.51. The molecule has 2 aliphatic rings. The first-order valence-electron chi connectivity index (χ1n) is 6.42. The maximum atomic E-state index is 3.59. The van der Waals surface area contributed by atoms with Gasteiger partial charge in [-0.25, -0.2) is 0 Å². The number of hydrogen-bond acceptors (Lipinski definition) is 0. The molecule has 0 spiro atoms. The summed E-state index contributed by atoms with van der Waals surface area (Å²) in [6, 6.07) is 0. The number of allylic oxidation sites excluding steroid dienone is 4. The topological polar surface area (TPSA) is 0 Å². The summed E-state index contributed by atoms with van der Waals surface area (Å²) < 4.78 is 0. The molecule has 0 aromatic rings. The Bertz CT molecular complexity index is 304. The summed E-state index contributed by atoms with van der Waals surface area (Å²) in [5.74, 6) is 0.722. The highest BCUT2D eigenvalue weighted by molar-refractivity contribution is 5.53. The van der Waals surface area contributed by atoms with Gasteiger partial charge in [0.25, 0.3) is 0 Å². The second-order valence-electron chi connectivity index (χ2n) is 4.91. The Labute approximate surface area is 94.5 Å². The van der Waals surface area contributed by atoms with Crippen LogP contribution in [0.15, 0.2) is 22.3 Å². The molecule has 0 N–H and O–H groups in total. The van der Waals surface area contributed by atoms with Gasteiger partial charge in [0.1, 0.15) is 0 Å². The van der Waals surface area contributed by atoms with Gasteiger partial charge in [-0.1, -0.05) is 31.4 Å². The normalized spacial score (nSPS) is 26.2. The quantitative estimate of drug-likeness (QED) is 0.622. The van der Waals surface area contributed by atoms with Crippen LogP contribution < -0.4 is 0 Å². The van der Waals surface area contributed by atoms with Crippen LogP contribution in [-0.4, -0.2) is 0 Å². The van der Waals surface area contributed by atoms with Gasteiger partial charge in [-0.3, -0.25) is 0 Å². The van der Waals surface area contributed by atoms with Crippen LogP contribution in [0.5, 0.6) is 0 Å². The minimum atomic E-state index is 0.722. The van der Waals surface area contributed by atoms with E-state index < -0.39 is 0 Å². The van der Waals surface area contributed by atoms with Crippen molar-refractivity contribution in [1.82, 2.24) is 0 Å². The van der Waals surface area contributed by atoms with E-state index in [4.69, 9.17) is 0 Å². The summed E-state index contributed by atoms with van der Waals surface area (Å²) in [6.07, 6.45) is 11.3. The van der Waals surface area contributed by atoms with Gasteiger partial charge >= 0.3 is 0 Å². The lowest BCUT2D eigenvalue weighted by Crippen LogP contribution is -2.03. The molecule has 0 heterocycles. The molecular weight excluding hydrogens is 180 g/mol. The molecule has 0 fully saturated rings. The van der Waals surface area contributed by atoms with Crippen molar-refractivity contribution >= 4 is 0 Å². The van der Waals surface area contributed by atoms with Gasteiger partial charge in [0, 0.05) is 6.42 Å². The molecule has 0 heteroatoms. The number of unbranched alkanes of at least 4 members (excludes halogenated alkanes) is 1. The van der Waals surface area contributed by atoms with Crippen LogP contribution in [0.25, 0.3) is 0 Å². The van der Waals surface area contributed by atoms with Gasteiger partial charge in [0.15, 0.2) is 0 Å². The fraction of sp³-hybridized carbons (Fsp3) is 0.667. The Morgan fingerprint density at radius 2 is 2.20 bits per heavy atom. The number of rotatable bonds is 3. The molecule has 0 amide bonds. The third-order valence-electron chi connectivity index (χ3n) is 3.95. The lowest BCUT2D eigenvalue weighted by atomic mass is 9.87. The predicted octanol–water partition coefficient (Wildman–Crippen LogP) is 4.70. The molecule has 0 nitrogen and oxygen atoms in total. The van der Waals surface area contributed by atoms with E-state index in [-0.39, 0.29) is 0 Å². The predicted molar refractivity (Wildman–Crippen MR) is 65.5 cm³/mol. The summed E-state index contributed by atoms with van der Waals surface area (Å²) >= 11 is 0. The Balaban J connectivity index is 2.17. The molecule has 2 radical (unpaired) electrons. The van der Waals surface area contributed by atoms with Crippen LogP contribution in [0.3, 0.4) is 0 Å². The SMILES string of the molecule is CCCCC1=C(C)C2=C(CCC[C]2)C1C. The van der Waals surface area contributed by atoms with Crippen molar-refractivity contribution in [3.8, 4) is 0 Å². The first kappa shape index (κ1) is 11.0. The molecule has 82 valence electrons. The van der Waals surface area contributed by atoms with Gasteiger partial charge in [-0.15, -0.1) is 0 Å². The van der Waals surface area contributed by atoms with Crippen molar-refractivity contribution in [3.63, 3.8) is 0 Å². The van der Waals surface area contributed by atoms with Crippen LogP contribution in [0.2, 0.25) is 0 Å². The van der Waals surface area contributed by atoms with Crippen molar-refractivity contribution in [2.75, 3.05) is 0 Å². The van der Waals surface area contributed by atoms with Crippen LogP contribution in [0, 0.1) is 12.3 Å². The highest BCUT2D eigenvalue weighted by atomic mass is 14.3. The lowest BCUT2D eigenvalue weighted by Gasteiger charge is -2.18. The first-order chi connectivity index (χ1) is 7.25. The van der Waals surface area contributed by atoms with Crippen molar-refractivity contribution in [3.05, 3.63) is 28.7 Å². The Hall–Kier alpha value is -0.520. The van der Waals surface area contributed by atoms with Crippen molar-refractivity contribution in [2.24, 2.45) is 5.92 Å². The Morgan fingerprint density at radius 3 is 2.87 bits per heavy atom. The maximum Gasteiger partial charge on any atom is 0.0167 e. The summed E-state index contributed by atoms with van der Waals surface area (Å²) in [5.41, 5.74) is 6.45. The van der Waals surface area contributed by atoms with E-state index in [1.165, 1.54) is 44.1 Å². The van der Waals surface area contributed by atoms with E-state index in [0.29, 0.717) is 0 Å². The minimum Gasteiger partial charge on any atom is -0.0654 e. The average molecular weight is 202 g/mol. The van der Waals surface area contributed by atoms with Gasteiger partial charge in [0.2, 0.25) is 0 Å². The van der Waals surface area contributed by atoms with Crippen molar-refractivity contribution in [2.45, 2.75) is 59.3 Å². The molecule has 2 rings (SSSR count). The third-order valence-corrected chi connectivity index (χ3v) is 3.95. The largest absolute Gasteiger partial charge is 0.0654 e. The fourth-order valence-electron chi connectivity index (χ4n) is 3.00. The molecule has 0 saturated heterocycles. The molecular formula is C15H22. The molecule has 0 aromatic carbocycles. The highest BCUT2D eigenvalue weighted by Crippen LogP contribution is 2.45. The monoisotopic (exact) mass is 202 g/mol. The van der Waals surface area contributed by atoms with Crippen molar-refractivity contribution in [1.29, 1.82) is 0 Å². The number of hydrogen-bond donors (Lipinski definition) is 0. The zero-order valence-electron chi connectivity index (χ0n) is 10.3. The third kappa shape index (κ3) is 1.91. The molecule has 15 heavy (non-hydrogen) atoms. The molecule has 0 aromatic heterocycles. The van der Waals surface area contributed by atoms with Crippen LogP contribution >= 0.6 is 0 Å². The van der Waals surface area contributed by atoms with Gasteiger partial charge in [0.05, 0.1) is 0 Å². The first-order valence-corrected chi connectivity index (χ1v) is 6.42. The molecule has 1 atom stereocenters. The van der Waals surface area contributed by atoms with Crippen molar-refractivity contribution < 1.29 is 0 Å². The summed E-state index contributed by atoms with van der Waals surface area (Å²) in [4.78, 5) is 0. The van der Waals surface area contributed by atoms with Gasteiger partial charge in [-0.2, -0.15) is 0 Å². The zero-order chi connectivity index (χ0) is 10.8. The lowest BCUT2D eigenvalue weighted by molar-refractivity contribution is 0.651. The fourth-order valence-corrected chi connectivity index (χ4v) is 3.00. The Morgan fingerprint density at radius 1 is 1.40 bits per heavy atom. The molecule has 1 unspecified atom stereocenters. The van der Waals surface area contributed by atoms with E-state index in [1.54, 1.807) is 16.7 Å². The van der Waals surface area contributed by atoms with Crippen LogP contribution in [-0.2, 0) is 0 Å². The maximum absolute atomic E-state index is 3.59. The van der Waals surface area contributed by atoms with E-state index >= 15 is 0 Å². The van der Waals surface area contributed by atoms with Gasteiger partial charge in [-0.05, 0) is 56.1 Å². The summed E-state index contributed by atoms with van der Waals surface area (Å²) in [5, 5.41) is 0. The molecule has 0 bridgehead atoms. The molecule has 2 aliphatic carbocycles. The second kappa shape index (κ2) is 4.55. The van der Waals surface area contributed by atoms with Crippen LogP contribution in [0.1, 0.15) is 59.3 Å². The smallest absolute Gasteiger partial charge is 0.0167 e. The second-order valence-corrected chi connectivity index (χ2v) is 4.91. The Kier molecular flexibility index (Phi) is 3.33. The standard InChI is InChI=1S/C15H22/c1-4-5-8-13-11(2)14-9-6-7-10-15(14)12(13)3/h11H,4-9H2,1-3H3. The molecule has 0 aliphatic heterocycles. The van der Waals surface area contributed by atoms with E-state index in [9.17, 15) is 0 Å². The van der Waals surface area contributed by atoms with Crippen LogP contribution in [0.4, 0.5) is 0 Å². The van der Waals surface area contributed by atoms with E-state index in [2.05, 4.69) is 27.2 Å². The zero-order valence-corrected chi connectivity index (χ0v) is 10.3. The summed E-state index contributed by atoms with van der Waals surface area (Å²) in [7, 11) is 0. The highest BCUT2D eigenvalue weighted by Gasteiger charge is 2.29. The minimum absolute atomic E-state index is 0.722. The molecule has 0 saturated carbocycles. The van der Waals surface area contributed by atoms with E-state index in [0.717, 1.165) is 5.92 Å².